The minimum absolute atomic E-state index is 0.0757. The van der Waals surface area contributed by atoms with Gasteiger partial charge in [-0.2, -0.15) is 0 Å². The monoisotopic (exact) mass is 536 g/mol. The molecule has 3 aromatic rings. The van der Waals surface area contributed by atoms with Crippen LogP contribution in [0.15, 0.2) is 48.7 Å². The van der Waals surface area contributed by atoms with Crippen molar-refractivity contribution >= 4 is 11.7 Å². The van der Waals surface area contributed by atoms with Gasteiger partial charge >= 0.3 is 5.97 Å². The molecule has 5 nitrogen and oxygen atoms in total. The average molecular weight is 537 g/mol. The molecule has 0 saturated carbocycles. The van der Waals surface area contributed by atoms with Gasteiger partial charge in [0.05, 0.1) is 24.8 Å². The molecule has 1 aliphatic rings. The Hall–Kier alpha value is -3.48. The van der Waals surface area contributed by atoms with Gasteiger partial charge in [-0.05, 0) is 68.9 Å². The van der Waals surface area contributed by atoms with Crippen molar-refractivity contribution in [2.75, 3.05) is 24.6 Å². The van der Waals surface area contributed by atoms with Crippen molar-refractivity contribution in [2.45, 2.75) is 66.4 Å². The molecule has 7 heteroatoms. The number of nitrogens with zero attached hydrogens (tertiary/aromatic N) is 2. The predicted molar refractivity (Wildman–Crippen MR) is 150 cm³/mol. The number of aromatic nitrogens is 1. The van der Waals surface area contributed by atoms with E-state index in [1.807, 2.05) is 20.8 Å². The molecule has 1 aromatic heterocycles. The number of esters is 1. The molecule has 0 amide bonds. The van der Waals surface area contributed by atoms with Gasteiger partial charge in [0.2, 0.25) is 0 Å². The summed E-state index contributed by atoms with van der Waals surface area (Å²) < 4.78 is 40.0. The topological polar surface area (TPSA) is 51.7 Å². The summed E-state index contributed by atoms with van der Waals surface area (Å²) in [6.07, 6.45) is 4.12. The highest BCUT2D eigenvalue weighted by molar-refractivity contribution is 5.85. The van der Waals surface area contributed by atoms with Crippen molar-refractivity contribution in [3.05, 3.63) is 77.1 Å². The number of carbonyl (C=O) groups is 1. The quantitative estimate of drug-likeness (QED) is 0.274. The van der Waals surface area contributed by atoms with E-state index in [9.17, 15) is 9.18 Å². The molecule has 1 fully saturated rings. The number of piperidine rings is 1. The third-order valence-corrected chi connectivity index (χ3v) is 7.29. The normalized spacial score (nSPS) is 14.9. The summed E-state index contributed by atoms with van der Waals surface area (Å²) in [6.45, 7) is 12.0. The smallest absolute Gasteiger partial charge is 0.310 e. The second-order valence-corrected chi connectivity index (χ2v) is 11.3. The number of hydrogen-bond acceptors (Lipinski definition) is 5. The lowest BCUT2D eigenvalue weighted by molar-refractivity contribution is -0.146. The number of pyridine rings is 1. The third-order valence-electron chi connectivity index (χ3n) is 7.29. The van der Waals surface area contributed by atoms with Gasteiger partial charge in [0.25, 0.3) is 0 Å². The zero-order valence-corrected chi connectivity index (χ0v) is 23.5. The van der Waals surface area contributed by atoms with Crippen LogP contribution < -0.4 is 9.64 Å². The van der Waals surface area contributed by atoms with E-state index >= 15 is 4.39 Å². The van der Waals surface area contributed by atoms with E-state index in [1.165, 1.54) is 18.2 Å². The molecule has 0 spiro atoms. The molecule has 208 valence electrons. The highest BCUT2D eigenvalue weighted by Crippen LogP contribution is 2.41. The second-order valence-electron chi connectivity index (χ2n) is 11.3. The molecule has 0 N–H and O–H groups in total. The van der Waals surface area contributed by atoms with E-state index in [0.717, 1.165) is 48.4 Å². The Morgan fingerprint density at radius 2 is 1.74 bits per heavy atom. The lowest BCUT2D eigenvalue weighted by atomic mass is 9.82. The minimum atomic E-state index is -0.422. The molecule has 2 heterocycles. The molecule has 1 saturated heterocycles. The SMILES string of the molecule is Cc1ncc(-c2ccc(OCCc3ccc(F)cc3)cc2F)c(N2CCC(C)(C)CC2)c1CC(=O)OC(C)C. The lowest BCUT2D eigenvalue weighted by Gasteiger charge is -2.40. The minimum Gasteiger partial charge on any atom is -0.493 e. The number of ether oxygens (including phenoxy) is 2. The molecule has 0 radical (unpaired) electrons. The number of halogens is 2. The summed E-state index contributed by atoms with van der Waals surface area (Å²) in [4.78, 5) is 19.5. The Kier molecular flexibility index (Phi) is 8.88. The number of carbonyl (C=O) groups excluding carboxylic acids is 1. The van der Waals surface area contributed by atoms with Crippen LogP contribution >= 0.6 is 0 Å². The van der Waals surface area contributed by atoms with E-state index in [2.05, 4.69) is 23.7 Å². The standard InChI is InChI=1S/C32H38F2N2O3/c1-21(2)39-30(37)19-27-22(3)35-20-28(31(27)36-15-13-32(4,5)14-16-36)26-11-10-25(18-29(26)34)38-17-12-23-6-8-24(33)9-7-23/h6-11,18,20-21H,12-17,19H2,1-5H3. The Bertz CT molecular complexity index is 1300. The van der Waals surface area contributed by atoms with Crippen LogP contribution in [0.4, 0.5) is 14.5 Å². The van der Waals surface area contributed by atoms with Crippen molar-refractivity contribution in [2.24, 2.45) is 5.41 Å². The van der Waals surface area contributed by atoms with Crippen LogP contribution in [-0.2, 0) is 22.4 Å². The van der Waals surface area contributed by atoms with Crippen molar-refractivity contribution in [1.82, 2.24) is 4.98 Å². The van der Waals surface area contributed by atoms with Crippen LogP contribution in [-0.4, -0.2) is 36.8 Å². The maximum absolute atomic E-state index is 15.6. The van der Waals surface area contributed by atoms with Crippen LogP contribution in [0, 0.1) is 24.0 Å². The highest BCUT2D eigenvalue weighted by atomic mass is 19.1. The lowest BCUT2D eigenvalue weighted by Crippen LogP contribution is -2.38. The average Bonchev–Trinajstić information content (AvgIpc) is 2.87. The van der Waals surface area contributed by atoms with Gasteiger partial charge in [0.15, 0.2) is 0 Å². The van der Waals surface area contributed by atoms with Gasteiger partial charge in [-0.25, -0.2) is 8.78 Å². The third kappa shape index (κ3) is 7.34. The van der Waals surface area contributed by atoms with Gasteiger partial charge in [0.1, 0.15) is 17.4 Å². The molecule has 0 unspecified atom stereocenters. The molecule has 1 aliphatic heterocycles. The van der Waals surface area contributed by atoms with Crippen LogP contribution in [0.5, 0.6) is 5.75 Å². The molecule has 2 aromatic carbocycles. The first-order valence-corrected chi connectivity index (χ1v) is 13.6. The zero-order valence-electron chi connectivity index (χ0n) is 23.5. The molecule has 0 bridgehead atoms. The summed E-state index contributed by atoms with van der Waals surface area (Å²) in [5.74, 6) is -0.610. The van der Waals surface area contributed by atoms with E-state index < -0.39 is 5.82 Å². The number of anilines is 1. The first-order chi connectivity index (χ1) is 18.5. The van der Waals surface area contributed by atoms with Gasteiger partial charge < -0.3 is 14.4 Å². The number of aryl methyl sites for hydroxylation is 1. The molecular weight excluding hydrogens is 498 g/mol. The van der Waals surface area contributed by atoms with Gasteiger partial charge in [0, 0.05) is 54.2 Å². The summed E-state index contributed by atoms with van der Waals surface area (Å²) >= 11 is 0. The summed E-state index contributed by atoms with van der Waals surface area (Å²) in [7, 11) is 0. The fourth-order valence-electron chi connectivity index (χ4n) is 4.93. The Balaban J connectivity index is 1.63. The van der Waals surface area contributed by atoms with Crippen molar-refractivity contribution in [1.29, 1.82) is 0 Å². The number of benzene rings is 2. The predicted octanol–water partition coefficient (Wildman–Crippen LogP) is 7.08. The van der Waals surface area contributed by atoms with Crippen LogP contribution in [0.25, 0.3) is 11.1 Å². The van der Waals surface area contributed by atoms with E-state index in [1.54, 1.807) is 30.5 Å². The zero-order chi connectivity index (χ0) is 28.2. The summed E-state index contributed by atoms with van der Waals surface area (Å²) in [5, 5.41) is 0. The fourth-order valence-corrected chi connectivity index (χ4v) is 4.93. The first-order valence-electron chi connectivity index (χ1n) is 13.6. The van der Waals surface area contributed by atoms with Gasteiger partial charge in [-0.3, -0.25) is 9.78 Å². The number of hydrogen-bond donors (Lipinski definition) is 0. The fraction of sp³-hybridized carbons (Fsp3) is 0.438. The van der Waals surface area contributed by atoms with E-state index in [4.69, 9.17) is 9.47 Å². The summed E-state index contributed by atoms with van der Waals surface area (Å²) in [6, 6.07) is 11.1. The molecule has 0 atom stereocenters. The largest absolute Gasteiger partial charge is 0.493 e. The second kappa shape index (κ2) is 12.1. The molecule has 39 heavy (non-hydrogen) atoms. The molecule has 0 aliphatic carbocycles. The van der Waals surface area contributed by atoms with Crippen LogP contribution in [0.1, 0.15) is 57.4 Å². The molecule has 4 rings (SSSR count). The first kappa shape index (κ1) is 28.5. The Labute approximate surface area is 230 Å². The highest BCUT2D eigenvalue weighted by Gasteiger charge is 2.30. The Morgan fingerprint density at radius 1 is 1.05 bits per heavy atom. The van der Waals surface area contributed by atoms with Crippen molar-refractivity contribution < 1.29 is 23.0 Å². The maximum atomic E-state index is 15.6. The van der Waals surface area contributed by atoms with E-state index in [0.29, 0.717) is 29.9 Å². The van der Waals surface area contributed by atoms with Crippen molar-refractivity contribution in [3.8, 4) is 16.9 Å². The van der Waals surface area contributed by atoms with E-state index in [-0.39, 0.29) is 29.7 Å². The molecular formula is C32H38F2N2O3. The van der Waals surface area contributed by atoms with Crippen LogP contribution in [0.2, 0.25) is 0 Å². The van der Waals surface area contributed by atoms with Crippen LogP contribution in [0.3, 0.4) is 0 Å². The van der Waals surface area contributed by atoms with Crippen molar-refractivity contribution in [3.63, 3.8) is 0 Å². The Morgan fingerprint density at radius 3 is 2.38 bits per heavy atom. The van der Waals surface area contributed by atoms with Gasteiger partial charge in [-0.1, -0.05) is 26.0 Å². The number of rotatable bonds is 9. The summed E-state index contributed by atoms with van der Waals surface area (Å²) in [5.41, 5.74) is 4.60. The maximum Gasteiger partial charge on any atom is 0.310 e. The van der Waals surface area contributed by atoms with Gasteiger partial charge in [-0.15, -0.1) is 0 Å².